The van der Waals surface area contributed by atoms with Crippen LogP contribution in [0.15, 0.2) is 48.5 Å². The molecule has 0 atom stereocenters. The molecular weight excluding hydrogens is 924 g/mol. The zero-order chi connectivity index (χ0) is 30.4. The van der Waals surface area contributed by atoms with E-state index >= 15 is 0 Å². The van der Waals surface area contributed by atoms with Crippen molar-refractivity contribution >= 4 is 159 Å². The first-order valence-corrected chi connectivity index (χ1v) is 14.4. The van der Waals surface area contributed by atoms with Gasteiger partial charge in [-0.2, -0.15) is 0 Å². The first-order chi connectivity index (χ1) is 19.1. The van der Waals surface area contributed by atoms with Crippen molar-refractivity contribution in [2.45, 2.75) is 117 Å². The molecule has 2 rings (SSSR count). The Morgan fingerprint density at radius 3 is 0.953 bits per heavy atom. The van der Waals surface area contributed by atoms with E-state index in [0.717, 1.165) is 36.8 Å². The van der Waals surface area contributed by atoms with Gasteiger partial charge in [-0.3, -0.25) is 0 Å². The normalized spacial score (nSPS) is 8.98. The Morgan fingerprint density at radius 1 is 0.465 bits per heavy atom. The van der Waals surface area contributed by atoms with E-state index in [0.29, 0.717) is 0 Å². The molecule has 228 valence electrons. The minimum absolute atomic E-state index is 0. The van der Waals surface area contributed by atoms with Gasteiger partial charge in [0.2, 0.25) is 0 Å². The van der Waals surface area contributed by atoms with Crippen molar-refractivity contribution in [3.8, 4) is 11.5 Å². The predicted octanol–water partition coefficient (Wildman–Crippen LogP) is 2.07. The van der Waals surface area contributed by atoms with E-state index in [1.165, 1.54) is 77.0 Å². The number of carboxylic acid groups (broad SMARTS) is 4. The summed E-state index contributed by atoms with van der Waals surface area (Å²) >= 11 is 0. The van der Waals surface area contributed by atoms with E-state index in [1.807, 2.05) is 36.4 Å². The molecule has 11 heteroatoms. The Morgan fingerprint density at radius 2 is 0.698 bits per heavy atom. The van der Waals surface area contributed by atoms with Gasteiger partial charge in [0.25, 0.3) is 0 Å². The van der Waals surface area contributed by atoms with Crippen LogP contribution in [0.5, 0.6) is 11.5 Å². The quantitative estimate of drug-likeness (QED) is 0.182. The van der Waals surface area contributed by atoms with Crippen molar-refractivity contribution < 1.29 is 40.2 Å². The summed E-state index contributed by atoms with van der Waals surface area (Å²) in [5.74, 6) is 0.405. The molecule has 0 saturated carbocycles. The smallest absolute Gasteiger partial charge is 0.872 e. The van der Waals surface area contributed by atoms with Crippen molar-refractivity contribution in [3.63, 3.8) is 0 Å². The molecule has 0 aliphatic heterocycles. The van der Waals surface area contributed by atoms with Gasteiger partial charge in [-0.15, -0.1) is 11.5 Å². The van der Waals surface area contributed by atoms with Gasteiger partial charge in [-0.1, -0.05) is 151 Å². The molecule has 0 aliphatic rings. The second-order valence-corrected chi connectivity index (χ2v) is 9.46. The fraction of sp³-hybridized carbons (Fsp3) is 0.562. The molecule has 0 aliphatic carbocycles. The molecule has 8 nitrogen and oxygen atoms in total. The summed E-state index contributed by atoms with van der Waals surface area (Å²) in [5, 5.41) is 56.2. The van der Waals surface area contributed by atoms with Crippen LogP contribution in [0.4, 0.5) is 9.59 Å². The molecule has 0 amide bonds. The molecule has 0 N–H and O–H groups in total. The molecule has 0 radical (unpaired) electrons. The van der Waals surface area contributed by atoms with Crippen molar-refractivity contribution in [2.75, 3.05) is 0 Å². The van der Waals surface area contributed by atoms with Crippen molar-refractivity contribution in [1.82, 2.24) is 0 Å². The second kappa shape index (κ2) is 41.3. The number of para-hydroxylation sites is 2. The summed E-state index contributed by atoms with van der Waals surface area (Å²) in [5.41, 5.74) is 1.96. The van der Waals surface area contributed by atoms with E-state index in [2.05, 4.69) is 13.8 Å². The Balaban J connectivity index is -0.000000170. The molecular formula is C32H46Ba3O8. The number of hydrogen-bond acceptors (Lipinski definition) is 8. The third-order valence-corrected chi connectivity index (χ3v) is 6.04. The van der Waals surface area contributed by atoms with Crippen LogP contribution in [0.2, 0.25) is 0 Å². The average Bonchev–Trinajstić information content (AvgIpc) is 2.89. The largest absolute Gasteiger partial charge is 2.00 e. The fourth-order valence-electron chi connectivity index (χ4n) is 3.97. The van der Waals surface area contributed by atoms with E-state index in [9.17, 15) is 10.2 Å². The SMILES string of the molecule is CCCCCCCCCc1ccccc1[O-].CCCCCCCCCc1ccccc1[O-].O=C([O-])[O-].O=C([O-])[O-].[Ba+2].[Ba+2].[Ba+2]. The summed E-state index contributed by atoms with van der Waals surface area (Å²) in [6, 6.07) is 14.8. The summed E-state index contributed by atoms with van der Waals surface area (Å²) in [7, 11) is 0. The average molecular weight is 971 g/mol. The molecule has 2 aromatic rings. The first-order valence-electron chi connectivity index (χ1n) is 14.4. The van der Waals surface area contributed by atoms with Crippen LogP contribution in [0.3, 0.4) is 0 Å². The van der Waals surface area contributed by atoms with Gasteiger partial charge in [-0.25, -0.2) is 0 Å². The second-order valence-electron chi connectivity index (χ2n) is 9.46. The van der Waals surface area contributed by atoms with Gasteiger partial charge >= 0.3 is 147 Å². The molecule has 0 heterocycles. The summed E-state index contributed by atoms with van der Waals surface area (Å²) in [6.07, 6.45) is 15.5. The van der Waals surface area contributed by atoms with Gasteiger partial charge in [0.15, 0.2) is 0 Å². The molecule has 0 aromatic heterocycles. The summed E-state index contributed by atoms with van der Waals surface area (Å²) in [6.45, 7) is 4.48. The number of carbonyl (C=O) groups excluding carboxylic acids is 2. The maximum Gasteiger partial charge on any atom is 2.00 e. The van der Waals surface area contributed by atoms with E-state index in [4.69, 9.17) is 30.0 Å². The van der Waals surface area contributed by atoms with Crippen molar-refractivity contribution in [3.05, 3.63) is 59.7 Å². The third kappa shape index (κ3) is 43.3. The van der Waals surface area contributed by atoms with Crippen LogP contribution in [0, 0.1) is 0 Å². The molecule has 0 saturated heterocycles. The van der Waals surface area contributed by atoms with Crippen LogP contribution < -0.4 is 30.6 Å². The molecule has 0 spiro atoms. The number of rotatable bonds is 16. The summed E-state index contributed by atoms with van der Waals surface area (Å²) in [4.78, 5) is 16.7. The van der Waals surface area contributed by atoms with Gasteiger partial charge in [0.1, 0.15) is 0 Å². The van der Waals surface area contributed by atoms with Crippen LogP contribution in [-0.2, 0) is 12.8 Å². The Labute approximate surface area is 380 Å². The van der Waals surface area contributed by atoms with Crippen molar-refractivity contribution in [1.29, 1.82) is 0 Å². The van der Waals surface area contributed by atoms with Crippen molar-refractivity contribution in [2.24, 2.45) is 0 Å². The monoisotopic (exact) mass is 972 g/mol. The van der Waals surface area contributed by atoms with Crippen LogP contribution >= 0.6 is 0 Å². The molecule has 0 unspecified atom stereocenters. The minimum atomic E-state index is -2.33. The predicted molar refractivity (Wildman–Crippen MR) is 163 cm³/mol. The zero-order valence-corrected chi connectivity index (χ0v) is 39.6. The maximum absolute atomic E-state index is 11.4. The number of benzene rings is 2. The maximum atomic E-state index is 11.4. The fourth-order valence-corrected chi connectivity index (χ4v) is 3.97. The first kappa shape index (κ1) is 53.8. The van der Waals surface area contributed by atoms with Gasteiger partial charge in [0, 0.05) is 0 Å². The zero-order valence-electron chi connectivity index (χ0n) is 26.3. The van der Waals surface area contributed by atoms with Gasteiger partial charge in [-0.05, 0) is 38.0 Å². The molecule has 2 aromatic carbocycles. The number of hydrogen-bond donors (Lipinski definition) is 0. The van der Waals surface area contributed by atoms with E-state index in [1.54, 1.807) is 12.1 Å². The Bertz CT molecular complexity index is 806. The van der Waals surface area contributed by atoms with Gasteiger partial charge < -0.3 is 40.2 Å². The van der Waals surface area contributed by atoms with Crippen LogP contribution in [0.25, 0.3) is 0 Å². The van der Waals surface area contributed by atoms with Crippen LogP contribution in [-0.4, -0.2) is 159 Å². The van der Waals surface area contributed by atoms with Gasteiger partial charge in [0.05, 0.1) is 0 Å². The molecule has 0 bridgehead atoms. The molecule has 0 fully saturated rings. The number of carbonyl (C=O) groups is 2. The topological polar surface area (TPSA) is 172 Å². The Hall–Kier alpha value is 1.29. The minimum Gasteiger partial charge on any atom is -0.872 e. The Kier molecular flexibility index (Phi) is 51.7. The number of aryl methyl sites for hydroxylation is 2. The third-order valence-electron chi connectivity index (χ3n) is 6.04. The standard InChI is InChI=1S/2C15H24O.2CH2O3.3Ba/c2*1-2-3-4-5-6-7-8-11-14-12-9-10-13-15(14)16;2*2-1(3)4;;;/h2*9-10,12-13,16H,2-8,11H2,1H3;2*(H2,2,3,4);;;/q;;;;3*+2/p-6. The van der Waals surface area contributed by atoms with E-state index in [-0.39, 0.29) is 158 Å². The number of unbranched alkanes of at least 4 members (excludes halogenated alkanes) is 12. The van der Waals surface area contributed by atoms with Crippen LogP contribution in [0.1, 0.15) is 115 Å². The molecule has 43 heavy (non-hydrogen) atoms. The summed E-state index contributed by atoms with van der Waals surface area (Å²) < 4.78 is 0. The van der Waals surface area contributed by atoms with E-state index < -0.39 is 12.3 Å².